The Labute approximate surface area is 199 Å². The Kier molecular flexibility index (Phi) is 6.78. The van der Waals surface area contributed by atoms with Crippen LogP contribution in [0.2, 0.25) is 0 Å². The number of rotatable bonds is 8. The standard InChI is InChI=1S/C28H28N2O4/c1-18(19-4-8-21(9-5-19)33-23-12-14-25(29)27(16-23)31-2)20-6-10-22(11-7-20)34-24-13-15-26(30)28(17-24)32-3/h4-18H,29-30H2,1-3H3. The van der Waals surface area contributed by atoms with Gasteiger partial charge in [-0.25, -0.2) is 0 Å². The van der Waals surface area contributed by atoms with E-state index in [2.05, 4.69) is 31.2 Å². The summed E-state index contributed by atoms with van der Waals surface area (Å²) in [6.45, 7) is 2.17. The van der Waals surface area contributed by atoms with Crippen LogP contribution in [0.3, 0.4) is 0 Å². The molecule has 0 aliphatic heterocycles. The van der Waals surface area contributed by atoms with Crippen LogP contribution in [0.1, 0.15) is 24.0 Å². The van der Waals surface area contributed by atoms with Crippen molar-refractivity contribution in [3.63, 3.8) is 0 Å². The van der Waals surface area contributed by atoms with Crippen LogP contribution in [0.15, 0.2) is 84.9 Å². The maximum Gasteiger partial charge on any atom is 0.145 e. The molecule has 0 aliphatic carbocycles. The molecule has 4 N–H and O–H groups in total. The smallest absolute Gasteiger partial charge is 0.145 e. The van der Waals surface area contributed by atoms with Gasteiger partial charge in [-0.15, -0.1) is 0 Å². The number of anilines is 2. The maximum absolute atomic E-state index is 5.94. The quantitative estimate of drug-likeness (QED) is 0.290. The van der Waals surface area contributed by atoms with Crippen LogP contribution in [0.25, 0.3) is 0 Å². The van der Waals surface area contributed by atoms with Gasteiger partial charge in [-0.05, 0) is 59.7 Å². The Morgan fingerprint density at radius 3 is 1.24 bits per heavy atom. The van der Waals surface area contributed by atoms with E-state index in [1.807, 2.05) is 36.4 Å². The Morgan fingerprint density at radius 2 is 0.882 bits per heavy atom. The second-order valence-electron chi connectivity index (χ2n) is 7.87. The highest BCUT2D eigenvalue weighted by Crippen LogP contribution is 2.33. The summed E-state index contributed by atoms with van der Waals surface area (Å²) in [6.07, 6.45) is 0. The number of methoxy groups -OCH3 is 2. The highest BCUT2D eigenvalue weighted by Gasteiger charge is 2.10. The molecule has 0 atom stereocenters. The molecule has 0 aromatic heterocycles. The Morgan fingerprint density at radius 1 is 0.529 bits per heavy atom. The van der Waals surface area contributed by atoms with Gasteiger partial charge in [-0.1, -0.05) is 31.2 Å². The topological polar surface area (TPSA) is 89.0 Å². The maximum atomic E-state index is 5.94. The summed E-state index contributed by atoms with van der Waals surface area (Å²) in [5, 5.41) is 0. The molecule has 6 nitrogen and oxygen atoms in total. The molecule has 4 aromatic rings. The number of hydrogen-bond acceptors (Lipinski definition) is 6. The van der Waals surface area contributed by atoms with Crippen molar-refractivity contribution in [1.82, 2.24) is 0 Å². The second kappa shape index (κ2) is 10.1. The lowest BCUT2D eigenvalue weighted by molar-refractivity contribution is 0.411. The summed E-state index contributed by atoms with van der Waals surface area (Å²) in [5.74, 6) is 4.20. The fourth-order valence-corrected chi connectivity index (χ4v) is 3.62. The average molecular weight is 457 g/mol. The van der Waals surface area contributed by atoms with Gasteiger partial charge in [-0.2, -0.15) is 0 Å². The third-order valence-electron chi connectivity index (χ3n) is 5.64. The molecule has 4 aromatic carbocycles. The molecule has 174 valence electrons. The zero-order chi connectivity index (χ0) is 24.1. The molecule has 0 amide bonds. The van der Waals surface area contributed by atoms with Gasteiger partial charge in [0.15, 0.2) is 0 Å². The van der Waals surface area contributed by atoms with Gasteiger partial charge in [0.2, 0.25) is 0 Å². The lowest BCUT2D eigenvalue weighted by atomic mass is 9.93. The first kappa shape index (κ1) is 22.9. The molecular formula is C28H28N2O4. The van der Waals surface area contributed by atoms with E-state index >= 15 is 0 Å². The average Bonchev–Trinajstić information content (AvgIpc) is 2.87. The van der Waals surface area contributed by atoms with Crippen LogP contribution in [-0.4, -0.2) is 14.2 Å². The number of hydrogen-bond donors (Lipinski definition) is 2. The van der Waals surface area contributed by atoms with E-state index in [9.17, 15) is 0 Å². The first-order chi connectivity index (χ1) is 16.5. The molecular weight excluding hydrogens is 428 g/mol. The van der Waals surface area contributed by atoms with Crippen molar-refractivity contribution in [3.8, 4) is 34.5 Å². The van der Waals surface area contributed by atoms with Crippen LogP contribution in [0, 0.1) is 0 Å². The number of nitrogen functional groups attached to an aromatic ring is 2. The van der Waals surface area contributed by atoms with Crippen LogP contribution >= 0.6 is 0 Å². The molecule has 0 aliphatic rings. The number of ether oxygens (including phenoxy) is 4. The molecule has 0 spiro atoms. The summed E-state index contributed by atoms with van der Waals surface area (Å²) in [4.78, 5) is 0. The van der Waals surface area contributed by atoms with E-state index in [1.165, 1.54) is 11.1 Å². The van der Waals surface area contributed by atoms with Gasteiger partial charge in [0, 0.05) is 18.1 Å². The predicted molar refractivity (Wildman–Crippen MR) is 135 cm³/mol. The second-order valence-corrected chi connectivity index (χ2v) is 7.87. The molecule has 6 heteroatoms. The van der Waals surface area contributed by atoms with Crippen molar-refractivity contribution in [2.75, 3.05) is 25.7 Å². The van der Waals surface area contributed by atoms with E-state index < -0.39 is 0 Å². The van der Waals surface area contributed by atoms with E-state index in [1.54, 1.807) is 38.5 Å². The van der Waals surface area contributed by atoms with Gasteiger partial charge >= 0.3 is 0 Å². The number of nitrogens with two attached hydrogens (primary N) is 2. The largest absolute Gasteiger partial charge is 0.494 e. The van der Waals surface area contributed by atoms with Crippen LogP contribution in [0.4, 0.5) is 11.4 Å². The summed E-state index contributed by atoms with van der Waals surface area (Å²) in [6, 6.07) is 26.8. The fourth-order valence-electron chi connectivity index (χ4n) is 3.62. The molecule has 34 heavy (non-hydrogen) atoms. The first-order valence-electron chi connectivity index (χ1n) is 10.9. The minimum absolute atomic E-state index is 0.205. The van der Waals surface area contributed by atoms with Crippen molar-refractivity contribution in [2.45, 2.75) is 12.8 Å². The van der Waals surface area contributed by atoms with Gasteiger partial charge in [-0.3, -0.25) is 0 Å². The van der Waals surface area contributed by atoms with Crippen LogP contribution < -0.4 is 30.4 Å². The Bertz CT molecular complexity index is 1160. The summed E-state index contributed by atoms with van der Waals surface area (Å²) in [5.41, 5.74) is 15.2. The highest BCUT2D eigenvalue weighted by molar-refractivity contribution is 5.57. The number of benzene rings is 4. The summed E-state index contributed by atoms with van der Waals surface area (Å²) >= 11 is 0. The third-order valence-corrected chi connectivity index (χ3v) is 5.64. The zero-order valence-corrected chi connectivity index (χ0v) is 19.4. The van der Waals surface area contributed by atoms with E-state index in [4.69, 9.17) is 30.4 Å². The van der Waals surface area contributed by atoms with E-state index in [0.29, 0.717) is 34.4 Å². The van der Waals surface area contributed by atoms with Crippen LogP contribution in [-0.2, 0) is 0 Å². The highest BCUT2D eigenvalue weighted by atomic mass is 16.5. The SMILES string of the molecule is COc1cc(Oc2ccc(C(C)c3ccc(Oc4ccc(N)c(OC)c4)cc3)cc2)ccc1N. The van der Waals surface area contributed by atoms with Gasteiger partial charge in [0.05, 0.1) is 25.6 Å². The molecule has 0 heterocycles. The lowest BCUT2D eigenvalue weighted by Crippen LogP contribution is -1.97. The normalized spacial score (nSPS) is 10.7. The van der Waals surface area contributed by atoms with Gasteiger partial charge in [0.1, 0.15) is 34.5 Å². The first-order valence-corrected chi connectivity index (χ1v) is 10.9. The van der Waals surface area contributed by atoms with Crippen molar-refractivity contribution in [3.05, 3.63) is 96.1 Å². The third kappa shape index (κ3) is 5.18. The fraction of sp³-hybridized carbons (Fsp3) is 0.143. The molecule has 0 fully saturated rings. The molecule has 0 unspecified atom stereocenters. The van der Waals surface area contributed by atoms with E-state index in [-0.39, 0.29) is 5.92 Å². The molecule has 0 saturated carbocycles. The molecule has 4 rings (SSSR count). The minimum atomic E-state index is 0.205. The monoisotopic (exact) mass is 456 g/mol. The lowest BCUT2D eigenvalue weighted by Gasteiger charge is -2.15. The summed E-state index contributed by atoms with van der Waals surface area (Å²) < 4.78 is 22.4. The van der Waals surface area contributed by atoms with Crippen molar-refractivity contribution >= 4 is 11.4 Å². The molecule has 0 saturated heterocycles. The minimum Gasteiger partial charge on any atom is -0.494 e. The molecule has 0 bridgehead atoms. The predicted octanol–water partition coefficient (Wildman–Crippen LogP) is 6.60. The van der Waals surface area contributed by atoms with Crippen LogP contribution in [0.5, 0.6) is 34.5 Å². The Hall–Kier alpha value is -4.32. The molecule has 0 radical (unpaired) electrons. The zero-order valence-electron chi connectivity index (χ0n) is 19.4. The van der Waals surface area contributed by atoms with Gasteiger partial charge < -0.3 is 30.4 Å². The van der Waals surface area contributed by atoms with Crippen molar-refractivity contribution in [2.24, 2.45) is 0 Å². The van der Waals surface area contributed by atoms with Crippen molar-refractivity contribution < 1.29 is 18.9 Å². The van der Waals surface area contributed by atoms with Gasteiger partial charge in [0.25, 0.3) is 0 Å². The van der Waals surface area contributed by atoms with Crippen molar-refractivity contribution in [1.29, 1.82) is 0 Å². The Balaban J connectivity index is 1.42. The summed E-state index contributed by atoms with van der Waals surface area (Å²) in [7, 11) is 3.17. The van der Waals surface area contributed by atoms with E-state index in [0.717, 1.165) is 11.5 Å².